The Bertz CT molecular complexity index is 2030. The van der Waals surface area contributed by atoms with Gasteiger partial charge in [0, 0.05) is 5.39 Å². The van der Waals surface area contributed by atoms with E-state index in [1.165, 1.54) is 31.1 Å². The summed E-state index contributed by atoms with van der Waals surface area (Å²) in [4.78, 5) is 29.6. The van der Waals surface area contributed by atoms with Crippen molar-refractivity contribution >= 4 is 55.0 Å². The van der Waals surface area contributed by atoms with E-state index in [0.717, 1.165) is 115 Å². The van der Waals surface area contributed by atoms with Crippen LogP contribution >= 0.6 is 0 Å². The summed E-state index contributed by atoms with van der Waals surface area (Å²) in [6.45, 7) is 4.57. The second-order valence-electron chi connectivity index (χ2n) is 16.4. The maximum Gasteiger partial charge on any atom is 0.340 e. The van der Waals surface area contributed by atoms with Gasteiger partial charge in [-0.25, -0.2) is 9.59 Å². The molecule has 5 aromatic carbocycles. The lowest BCUT2D eigenvalue weighted by atomic mass is 9.57. The molecule has 6 saturated carbocycles. The molecule has 0 aromatic heterocycles. The molecule has 0 unspecified atom stereocenters. The van der Waals surface area contributed by atoms with Gasteiger partial charge in [-0.1, -0.05) is 81.3 Å². The van der Waals surface area contributed by atoms with Gasteiger partial charge in [-0.3, -0.25) is 0 Å². The molecule has 6 aliphatic carbocycles. The Morgan fingerprint density at radius 2 is 1.00 bits per heavy atom. The predicted molar refractivity (Wildman–Crippen MR) is 194 cm³/mol. The molecule has 248 valence electrons. The quantitative estimate of drug-likeness (QED) is 0.0962. The lowest BCUT2D eigenvalue weighted by molar-refractivity contribution is -0.108. The van der Waals surface area contributed by atoms with E-state index in [-0.39, 0.29) is 11.9 Å². The summed E-state index contributed by atoms with van der Waals surface area (Å²) in [6.07, 6.45) is 17.1. The van der Waals surface area contributed by atoms with Gasteiger partial charge in [0.1, 0.15) is 11.2 Å². The largest absolute Gasteiger partial charge is 0.455 e. The number of hydrogen-bond acceptors (Lipinski definition) is 4. The Hall–Kier alpha value is -3.66. The van der Waals surface area contributed by atoms with Gasteiger partial charge in [-0.05, 0) is 144 Å². The minimum absolute atomic E-state index is 0.360. The third kappa shape index (κ3) is 4.53. The van der Waals surface area contributed by atoms with Gasteiger partial charge in [-0.15, -0.1) is 0 Å². The average molecular weight is 641 g/mol. The number of benzene rings is 5. The molecule has 0 spiro atoms. The first-order valence-corrected chi connectivity index (χ1v) is 18.9. The zero-order chi connectivity index (χ0) is 32.7. The smallest absolute Gasteiger partial charge is 0.340 e. The molecule has 0 aliphatic heterocycles. The van der Waals surface area contributed by atoms with Crippen molar-refractivity contribution in [3.8, 4) is 0 Å². The monoisotopic (exact) mass is 640 g/mol. The molecule has 6 fully saturated rings. The first-order chi connectivity index (χ1) is 23.3. The van der Waals surface area contributed by atoms with Crippen molar-refractivity contribution in [2.24, 2.45) is 10.8 Å². The van der Waals surface area contributed by atoms with Crippen molar-refractivity contribution in [2.75, 3.05) is 0 Å². The Morgan fingerprint density at radius 1 is 0.542 bits per heavy atom. The number of ether oxygens (including phenoxy) is 2. The summed E-state index contributed by atoms with van der Waals surface area (Å²) in [5, 5.41) is 8.34. The van der Waals surface area contributed by atoms with Crippen LogP contribution in [0.15, 0.2) is 60.7 Å². The fourth-order valence-electron chi connectivity index (χ4n) is 11.2. The standard InChI is InChI=1S/C44H48O4/c1-3-14-41-16-22-43(23-17-41,24-18-41)47-39(45)34-28-30-10-7-12-32-31-11-5-8-29-9-6-13-33(35(29)31)37(36(30)32)38(34)40(46)48-44-25-19-42(15-4-2,20-26-44)21-27-44/h5-13,28H,3-4,14-27H2,1-2H3. The van der Waals surface area contributed by atoms with E-state index in [0.29, 0.717) is 22.0 Å². The molecular formula is C44H48O4. The van der Waals surface area contributed by atoms with E-state index in [9.17, 15) is 9.59 Å². The minimum Gasteiger partial charge on any atom is -0.455 e. The third-order valence-electron chi connectivity index (χ3n) is 13.9. The predicted octanol–water partition coefficient (Wildman–Crippen LogP) is 11.8. The first kappa shape index (κ1) is 30.4. The van der Waals surface area contributed by atoms with Gasteiger partial charge >= 0.3 is 11.9 Å². The van der Waals surface area contributed by atoms with Crippen LogP contribution in [0.25, 0.3) is 43.1 Å². The SMILES string of the molecule is CCCC12CCC(OC(=O)c3cc4cccc5c6cccc7cccc(c(c3C(=O)OC38CCC(CCC)(CC3)CC8)c45)c76)(CC1)CC2. The van der Waals surface area contributed by atoms with Crippen LogP contribution < -0.4 is 0 Å². The van der Waals surface area contributed by atoms with Crippen LogP contribution in [0.5, 0.6) is 0 Å². The van der Waals surface area contributed by atoms with Gasteiger partial charge in [0.05, 0.1) is 11.1 Å². The Morgan fingerprint density at radius 3 is 1.52 bits per heavy atom. The molecule has 0 atom stereocenters. The van der Waals surface area contributed by atoms with E-state index >= 15 is 0 Å². The number of carbonyl (C=O) groups excluding carboxylic acids is 2. The van der Waals surface area contributed by atoms with Gasteiger partial charge in [0.25, 0.3) is 0 Å². The summed E-state index contributed by atoms with van der Waals surface area (Å²) >= 11 is 0. The molecule has 0 amide bonds. The van der Waals surface area contributed by atoms with E-state index in [4.69, 9.17) is 9.47 Å². The Kier molecular flexibility index (Phi) is 6.92. The van der Waals surface area contributed by atoms with E-state index in [2.05, 4.69) is 68.4 Å². The zero-order valence-electron chi connectivity index (χ0n) is 28.7. The molecule has 0 N–H and O–H groups in total. The molecule has 5 aromatic rings. The first-order valence-electron chi connectivity index (χ1n) is 18.9. The molecular weight excluding hydrogens is 592 g/mol. The molecule has 0 heterocycles. The van der Waals surface area contributed by atoms with Gasteiger partial charge in [-0.2, -0.15) is 0 Å². The molecule has 0 saturated heterocycles. The highest BCUT2D eigenvalue weighted by Gasteiger charge is 2.52. The highest BCUT2D eigenvalue weighted by molar-refractivity contribution is 6.36. The normalized spacial score (nSPS) is 29.7. The van der Waals surface area contributed by atoms with Crippen LogP contribution in [0.1, 0.15) is 137 Å². The van der Waals surface area contributed by atoms with Crippen molar-refractivity contribution in [1.29, 1.82) is 0 Å². The second-order valence-corrected chi connectivity index (χ2v) is 16.4. The number of hydrogen-bond donors (Lipinski definition) is 0. The Balaban J connectivity index is 1.20. The third-order valence-corrected chi connectivity index (χ3v) is 13.9. The van der Waals surface area contributed by atoms with Crippen LogP contribution in [0.4, 0.5) is 0 Å². The average Bonchev–Trinajstić information content (AvgIpc) is 3.11. The number of carbonyl (C=O) groups is 2. The van der Waals surface area contributed by atoms with E-state index in [1.54, 1.807) is 0 Å². The lowest BCUT2D eigenvalue weighted by Crippen LogP contribution is -2.49. The Labute approximate surface area is 283 Å². The van der Waals surface area contributed by atoms with Crippen LogP contribution in [-0.4, -0.2) is 23.1 Å². The minimum atomic E-state index is -0.457. The molecule has 4 nitrogen and oxygen atoms in total. The lowest BCUT2D eigenvalue weighted by Gasteiger charge is -2.53. The summed E-state index contributed by atoms with van der Waals surface area (Å²) in [5.74, 6) is -0.727. The van der Waals surface area contributed by atoms with Crippen LogP contribution in [-0.2, 0) is 9.47 Å². The highest BCUT2D eigenvalue weighted by Crippen LogP contribution is 2.58. The number of rotatable bonds is 8. The molecule has 11 rings (SSSR count). The summed E-state index contributed by atoms with van der Waals surface area (Å²) in [6, 6.07) is 21.0. The number of esters is 2. The molecule has 4 heteroatoms. The van der Waals surface area contributed by atoms with Gasteiger partial charge < -0.3 is 9.47 Å². The summed E-state index contributed by atoms with van der Waals surface area (Å²) in [5.41, 5.74) is 0.695. The van der Waals surface area contributed by atoms with Crippen molar-refractivity contribution in [1.82, 2.24) is 0 Å². The molecule has 4 bridgehead atoms. The van der Waals surface area contributed by atoms with Crippen molar-refractivity contribution in [3.05, 3.63) is 71.8 Å². The van der Waals surface area contributed by atoms with E-state index < -0.39 is 11.2 Å². The fraction of sp³-hybridized carbons (Fsp3) is 0.500. The second kappa shape index (κ2) is 10.9. The van der Waals surface area contributed by atoms with Gasteiger partial charge in [0.2, 0.25) is 0 Å². The van der Waals surface area contributed by atoms with Crippen molar-refractivity contribution in [3.63, 3.8) is 0 Å². The zero-order valence-corrected chi connectivity index (χ0v) is 28.7. The van der Waals surface area contributed by atoms with Crippen molar-refractivity contribution in [2.45, 2.75) is 128 Å². The number of fused-ring (bicyclic) bond motifs is 8. The molecule has 0 radical (unpaired) electrons. The summed E-state index contributed by atoms with van der Waals surface area (Å²) < 4.78 is 13.4. The highest BCUT2D eigenvalue weighted by atomic mass is 16.6. The topological polar surface area (TPSA) is 52.6 Å². The van der Waals surface area contributed by atoms with Crippen LogP contribution in [0.2, 0.25) is 0 Å². The summed E-state index contributed by atoms with van der Waals surface area (Å²) in [7, 11) is 0. The van der Waals surface area contributed by atoms with Crippen LogP contribution in [0, 0.1) is 10.8 Å². The molecule has 6 aliphatic rings. The van der Waals surface area contributed by atoms with E-state index in [1.807, 2.05) is 6.07 Å². The van der Waals surface area contributed by atoms with Crippen molar-refractivity contribution < 1.29 is 19.1 Å². The maximum atomic E-state index is 14.9. The maximum absolute atomic E-state index is 14.9. The fourth-order valence-corrected chi connectivity index (χ4v) is 11.2. The van der Waals surface area contributed by atoms with Crippen LogP contribution in [0.3, 0.4) is 0 Å². The van der Waals surface area contributed by atoms with Gasteiger partial charge in [0.15, 0.2) is 0 Å². The molecule has 48 heavy (non-hydrogen) atoms.